The van der Waals surface area contributed by atoms with Crippen LogP contribution in [0.3, 0.4) is 0 Å². The second-order valence-corrected chi connectivity index (χ2v) is 7.56. The molecule has 2 aromatic carbocycles. The first kappa shape index (κ1) is 19.4. The summed E-state index contributed by atoms with van der Waals surface area (Å²) in [5, 5.41) is 3.83. The minimum atomic E-state index is -0.320. The molecule has 7 nitrogen and oxygen atoms in total. The molecule has 0 bridgehead atoms. The predicted octanol–water partition coefficient (Wildman–Crippen LogP) is 4.30. The fourth-order valence-corrected chi connectivity index (χ4v) is 4.02. The van der Waals surface area contributed by atoms with E-state index in [1.165, 1.54) is 0 Å². The molecule has 1 amide bonds. The number of para-hydroxylation sites is 2. The van der Waals surface area contributed by atoms with Gasteiger partial charge in [-0.15, -0.1) is 0 Å². The number of hydrogen-bond donors (Lipinski definition) is 1. The minimum absolute atomic E-state index is 0.148. The number of aromatic nitrogens is 2. The number of hydrogen-bond acceptors (Lipinski definition) is 6. The number of benzene rings is 2. The number of nitrogens with one attached hydrogen (secondary N) is 1. The van der Waals surface area contributed by atoms with Crippen molar-refractivity contribution in [1.82, 2.24) is 15.3 Å². The first-order valence-electron chi connectivity index (χ1n) is 10.7. The standard InChI is InChI=1S/C24H24N4O3/c1-2-30-18-11-5-3-9-16(18)15-25-24(29)22-26-20-17-10-4-6-12-19(17)31-21(20)23(27-22)28-13-7-8-14-28/h3-6,9-12H,2,7-8,13-15H2,1H3,(H,25,29). The van der Waals surface area contributed by atoms with Gasteiger partial charge in [0.1, 0.15) is 16.8 Å². The van der Waals surface area contributed by atoms with Crippen LogP contribution < -0.4 is 15.0 Å². The Kier molecular flexibility index (Phi) is 5.16. The van der Waals surface area contributed by atoms with Gasteiger partial charge in [-0.05, 0) is 38.0 Å². The fourth-order valence-electron chi connectivity index (χ4n) is 4.02. The van der Waals surface area contributed by atoms with Crippen LogP contribution in [0.15, 0.2) is 52.9 Å². The van der Waals surface area contributed by atoms with Crippen molar-refractivity contribution in [2.24, 2.45) is 0 Å². The number of carbonyl (C=O) groups is 1. The van der Waals surface area contributed by atoms with Crippen molar-refractivity contribution in [1.29, 1.82) is 0 Å². The van der Waals surface area contributed by atoms with E-state index in [1.54, 1.807) is 0 Å². The lowest BCUT2D eigenvalue weighted by Gasteiger charge is -2.17. The Morgan fingerprint density at radius 2 is 1.87 bits per heavy atom. The van der Waals surface area contributed by atoms with Crippen LogP contribution in [-0.2, 0) is 6.54 Å². The normalized spacial score (nSPS) is 13.8. The van der Waals surface area contributed by atoms with Crippen molar-refractivity contribution in [2.45, 2.75) is 26.3 Å². The fraction of sp³-hybridized carbons (Fsp3) is 0.292. The third kappa shape index (κ3) is 3.67. The van der Waals surface area contributed by atoms with Crippen LogP contribution in [0.4, 0.5) is 5.82 Å². The maximum Gasteiger partial charge on any atom is 0.289 e. The van der Waals surface area contributed by atoms with Gasteiger partial charge in [0.05, 0.1) is 6.61 Å². The van der Waals surface area contributed by atoms with Gasteiger partial charge in [-0.2, -0.15) is 0 Å². The van der Waals surface area contributed by atoms with Crippen LogP contribution in [0.2, 0.25) is 0 Å². The summed E-state index contributed by atoms with van der Waals surface area (Å²) < 4.78 is 11.7. The Morgan fingerprint density at radius 1 is 1.10 bits per heavy atom. The quantitative estimate of drug-likeness (QED) is 0.505. The average Bonchev–Trinajstić information content (AvgIpc) is 3.46. The Bertz CT molecular complexity index is 1240. The molecular formula is C24H24N4O3. The zero-order valence-corrected chi connectivity index (χ0v) is 17.4. The molecule has 4 aromatic rings. The molecule has 1 saturated heterocycles. The second kappa shape index (κ2) is 8.26. The van der Waals surface area contributed by atoms with E-state index >= 15 is 0 Å². The number of furan rings is 1. The second-order valence-electron chi connectivity index (χ2n) is 7.56. The molecule has 0 atom stereocenters. The number of ether oxygens (including phenoxy) is 1. The highest BCUT2D eigenvalue weighted by Crippen LogP contribution is 2.34. The maximum absolute atomic E-state index is 13.0. The van der Waals surface area contributed by atoms with E-state index in [1.807, 2.05) is 55.5 Å². The molecule has 3 heterocycles. The van der Waals surface area contributed by atoms with Gasteiger partial charge >= 0.3 is 0 Å². The van der Waals surface area contributed by atoms with Crippen LogP contribution in [0.5, 0.6) is 5.75 Å². The number of nitrogens with zero attached hydrogens (tertiary/aromatic N) is 3. The van der Waals surface area contributed by atoms with E-state index in [-0.39, 0.29) is 11.7 Å². The molecule has 5 rings (SSSR count). The summed E-state index contributed by atoms with van der Waals surface area (Å²) in [7, 11) is 0. The third-order valence-electron chi connectivity index (χ3n) is 5.52. The van der Waals surface area contributed by atoms with E-state index in [0.29, 0.717) is 30.1 Å². The van der Waals surface area contributed by atoms with Gasteiger partial charge in [0.15, 0.2) is 11.4 Å². The van der Waals surface area contributed by atoms with Crippen LogP contribution >= 0.6 is 0 Å². The number of fused-ring (bicyclic) bond motifs is 3. The zero-order valence-electron chi connectivity index (χ0n) is 17.4. The maximum atomic E-state index is 13.0. The van der Waals surface area contributed by atoms with Crippen LogP contribution in [0.25, 0.3) is 22.1 Å². The van der Waals surface area contributed by atoms with Crippen molar-refractivity contribution in [3.05, 3.63) is 59.9 Å². The zero-order chi connectivity index (χ0) is 21.2. The highest BCUT2D eigenvalue weighted by Gasteiger charge is 2.24. The molecule has 1 aliphatic rings. The van der Waals surface area contributed by atoms with E-state index in [0.717, 1.165) is 48.2 Å². The Hall–Kier alpha value is -3.61. The lowest BCUT2D eigenvalue weighted by Crippen LogP contribution is -2.27. The van der Waals surface area contributed by atoms with Crippen molar-refractivity contribution >= 4 is 33.8 Å². The smallest absolute Gasteiger partial charge is 0.289 e. The monoisotopic (exact) mass is 416 g/mol. The molecule has 1 N–H and O–H groups in total. The summed E-state index contributed by atoms with van der Waals surface area (Å²) in [6.07, 6.45) is 2.20. The van der Waals surface area contributed by atoms with Gasteiger partial charge < -0.3 is 19.4 Å². The Morgan fingerprint density at radius 3 is 2.71 bits per heavy atom. The number of anilines is 1. The van der Waals surface area contributed by atoms with Gasteiger partial charge in [0, 0.05) is 30.6 Å². The Labute approximate surface area is 180 Å². The SMILES string of the molecule is CCOc1ccccc1CNC(=O)c1nc(N2CCCC2)c2oc3ccccc3c2n1. The van der Waals surface area contributed by atoms with Crippen molar-refractivity contribution < 1.29 is 13.9 Å². The average molecular weight is 416 g/mol. The third-order valence-corrected chi connectivity index (χ3v) is 5.52. The number of rotatable bonds is 6. The molecule has 1 fully saturated rings. The molecule has 31 heavy (non-hydrogen) atoms. The van der Waals surface area contributed by atoms with Gasteiger partial charge in [-0.1, -0.05) is 30.3 Å². The van der Waals surface area contributed by atoms with Crippen molar-refractivity contribution in [2.75, 3.05) is 24.6 Å². The highest BCUT2D eigenvalue weighted by molar-refractivity contribution is 6.07. The summed E-state index contributed by atoms with van der Waals surface area (Å²) in [6.45, 7) is 4.63. The van der Waals surface area contributed by atoms with Gasteiger partial charge in [-0.25, -0.2) is 9.97 Å². The lowest BCUT2D eigenvalue weighted by molar-refractivity contribution is 0.0940. The van der Waals surface area contributed by atoms with Gasteiger partial charge in [0.2, 0.25) is 5.82 Å². The number of carbonyl (C=O) groups excluding carboxylic acids is 1. The summed E-state index contributed by atoms with van der Waals surface area (Å²) in [6, 6.07) is 15.4. The first-order valence-corrected chi connectivity index (χ1v) is 10.7. The van der Waals surface area contributed by atoms with Crippen molar-refractivity contribution in [3.63, 3.8) is 0 Å². The first-order chi connectivity index (χ1) is 15.2. The van der Waals surface area contributed by atoms with E-state index in [4.69, 9.17) is 9.15 Å². The largest absolute Gasteiger partial charge is 0.494 e. The molecule has 0 unspecified atom stereocenters. The topological polar surface area (TPSA) is 80.5 Å². The molecule has 0 radical (unpaired) electrons. The summed E-state index contributed by atoms with van der Waals surface area (Å²) in [5.74, 6) is 1.28. The molecule has 0 spiro atoms. The molecule has 0 aliphatic carbocycles. The van der Waals surface area contributed by atoms with Gasteiger partial charge in [-0.3, -0.25) is 4.79 Å². The molecule has 158 valence electrons. The lowest BCUT2D eigenvalue weighted by atomic mass is 10.2. The Balaban J connectivity index is 1.50. The van der Waals surface area contributed by atoms with Crippen molar-refractivity contribution in [3.8, 4) is 5.75 Å². The molecule has 7 heteroatoms. The van der Waals surface area contributed by atoms with Crippen LogP contribution in [-0.4, -0.2) is 35.6 Å². The van der Waals surface area contributed by atoms with Crippen LogP contribution in [0, 0.1) is 0 Å². The molecule has 1 aliphatic heterocycles. The molecule has 0 saturated carbocycles. The summed E-state index contributed by atoms with van der Waals surface area (Å²) in [4.78, 5) is 24.4. The molecular weight excluding hydrogens is 392 g/mol. The summed E-state index contributed by atoms with van der Waals surface area (Å²) in [5.41, 5.74) is 2.97. The highest BCUT2D eigenvalue weighted by atomic mass is 16.5. The van der Waals surface area contributed by atoms with Gasteiger partial charge in [0.25, 0.3) is 5.91 Å². The minimum Gasteiger partial charge on any atom is -0.494 e. The number of amides is 1. The van der Waals surface area contributed by atoms with Crippen LogP contribution in [0.1, 0.15) is 35.9 Å². The summed E-state index contributed by atoms with van der Waals surface area (Å²) >= 11 is 0. The van der Waals surface area contributed by atoms with E-state index < -0.39 is 0 Å². The predicted molar refractivity (Wildman–Crippen MR) is 120 cm³/mol. The van der Waals surface area contributed by atoms with E-state index in [9.17, 15) is 4.79 Å². The molecule has 2 aromatic heterocycles. The van der Waals surface area contributed by atoms with E-state index in [2.05, 4.69) is 20.2 Å².